The molecule has 0 amide bonds. The SMILES string of the molecule is C=CCSC1=NC(=Cc2c(C)cc(C)cc2C)C(=O)S1. The fourth-order valence-corrected chi connectivity index (χ4v) is 3.74. The Morgan fingerprint density at radius 2 is 1.95 bits per heavy atom. The Labute approximate surface area is 128 Å². The first-order chi connectivity index (χ1) is 9.51. The molecule has 0 N–H and O–H groups in total. The van der Waals surface area contributed by atoms with Gasteiger partial charge >= 0.3 is 0 Å². The molecule has 1 aliphatic rings. The van der Waals surface area contributed by atoms with E-state index in [-0.39, 0.29) is 5.12 Å². The molecule has 1 heterocycles. The number of aryl methyl sites for hydroxylation is 3. The summed E-state index contributed by atoms with van der Waals surface area (Å²) in [5, 5.41) is 0.0240. The van der Waals surface area contributed by atoms with Crippen molar-refractivity contribution in [1.29, 1.82) is 0 Å². The molecule has 0 atom stereocenters. The highest BCUT2D eigenvalue weighted by Crippen LogP contribution is 2.32. The fraction of sp³-hybridized carbons (Fsp3) is 0.250. The van der Waals surface area contributed by atoms with E-state index in [4.69, 9.17) is 0 Å². The lowest BCUT2D eigenvalue weighted by Crippen LogP contribution is -1.93. The maximum atomic E-state index is 12.0. The van der Waals surface area contributed by atoms with Crippen molar-refractivity contribution in [2.24, 2.45) is 4.99 Å². The van der Waals surface area contributed by atoms with Crippen molar-refractivity contribution in [1.82, 2.24) is 0 Å². The molecule has 0 radical (unpaired) electrons. The second kappa shape index (κ2) is 6.46. The average Bonchev–Trinajstić information content (AvgIpc) is 2.72. The number of nitrogens with zero attached hydrogens (tertiary/aromatic N) is 1. The number of aliphatic imine (C=N–C) groups is 1. The van der Waals surface area contributed by atoms with Crippen LogP contribution in [0.1, 0.15) is 22.3 Å². The number of rotatable bonds is 3. The second-order valence-corrected chi connectivity index (χ2v) is 6.94. The molecule has 4 heteroatoms. The van der Waals surface area contributed by atoms with Crippen molar-refractivity contribution in [3.63, 3.8) is 0 Å². The Morgan fingerprint density at radius 3 is 2.55 bits per heavy atom. The van der Waals surface area contributed by atoms with Crippen molar-refractivity contribution >= 4 is 39.1 Å². The van der Waals surface area contributed by atoms with Gasteiger partial charge in [0.1, 0.15) is 10.1 Å². The Morgan fingerprint density at radius 1 is 1.30 bits per heavy atom. The van der Waals surface area contributed by atoms with E-state index in [2.05, 4.69) is 44.5 Å². The molecular weight excluding hydrogens is 286 g/mol. The topological polar surface area (TPSA) is 29.4 Å². The number of hydrogen-bond donors (Lipinski definition) is 0. The minimum atomic E-state index is 0.0240. The van der Waals surface area contributed by atoms with Crippen LogP contribution < -0.4 is 0 Å². The van der Waals surface area contributed by atoms with E-state index in [9.17, 15) is 4.79 Å². The molecule has 104 valence electrons. The summed E-state index contributed by atoms with van der Waals surface area (Å²) in [6, 6.07) is 4.26. The molecule has 1 aromatic carbocycles. The molecule has 1 aromatic rings. The Hall–Kier alpha value is -1.26. The van der Waals surface area contributed by atoms with E-state index < -0.39 is 0 Å². The zero-order valence-electron chi connectivity index (χ0n) is 11.9. The maximum Gasteiger partial charge on any atom is 0.244 e. The maximum absolute atomic E-state index is 12.0. The zero-order chi connectivity index (χ0) is 14.7. The van der Waals surface area contributed by atoms with Gasteiger partial charge in [0.2, 0.25) is 5.12 Å². The van der Waals surface area contributed by atoms with Crippen LogP contribution in [0.4, 0.5) is 0 Å². The largest absolute Gasteiger partial charge is 0.279 e. The molecule has 0 fully saturated rings. The molecule has 20 heavy (non-hydrogen) atoms. The number of carbonyl (C=O) groups is 1. The lowest BCUT2D eigenvalue weighted by molar-refractivity contribution is -0.107. The van der Waals surface area contributed by atoms with Gasteiger partial charge in [0.05, 0.1) is 0 Å². The van der Waals surface area contributed by atoms with E-state index in [1.54, 1.807) is 11.8 Å². The van der Waals surface area contributed by atoms with Crippen LogP contribution in [0.15, 0.2) is 35.5 Å². The summed E-state index contributed by atoms with van der Waals surface area (Å²) in [6.07, 6.45) is 3.72. The van der Waals surface area contributed by atoms with Crippen LogP contribution in [0.2, 0.25) is 0 Å². The molecule has 1 aliphatic heterocycles. The van der Waals surface area contributed by atoms with Crippen molar-refractivity contribution in [2.75, 3.05) is 5.75 Å². The van der Waals surface area contributed by atoms with E-state index in [1.807, 2.05) is 12.2 Å². The van der Waals surface area contributed by atoms with Crippen molar-refractivity contribution in [3.05, 3.63) is 52.7 Å². The van der Waals surface area contributed by atoms with Crippen molar-refractivity contribution in [3.8, 4) is 0 Å². The van der Waals surface area contributed by atoms with Crippen LogP contribution >= 0.6 is 23.5 Å². The van der Waals surface area contributed by atoms with Gasteiger partial charge in [-0.15, -0.1) is 6.58 Å². The fourth-order valence-electron chi connectivity index (χ4n) is 2.14. The van der Waals surface area contributed by atoms with Gasteiger partial charge in [0.15, 0.2) is 0 Å². The van der Waals surface area contributed by atoms with E-state index in [1.165, 1.54) is 28.5 Å². The average molecular weight is 303 g/mol. The standard InChI is InChI=1S/C16H17NOS2/c1-5-6-19-16-17-14(15(18)20-16)9-13-11(3)7-10(2)8-12(13)4/h5,7-9H,1,6H2,2-4H3. The molecule has 0 spiro atoms. The van der Waals surface area contributed by atoms with Gasteiger partial charge < -0.3 is 0 Å². The summed E-state index contributed by atoms with van der Waals surface area (Å²) >= 11 is 2.75. The van der Waals surface area contributed by atoms with Crippen LogP contribution in [0.25, 0.3) is 6.08 Å². The predicted octanol–water partition coefficient (Wildman–Crippen LogP) is 4.50. The molecule has 0 aromatic heterocycles. The summed E-state index contributed by atoms with van der Waals surface area (Å²) in [7, 11) is 0. The lowest BCUT2D eigenvalue weighted by atomic mass is 9.99. The minimum Gasteiger partial charge on any atom is -0.279 e. The quantitative estimate of drug-likeness (QED) is 0.608. The highest BCUT2D eigenvalue weighted by atomic mass is 32.2. The lowest BCUT2D eigenvalue weighted by Gasteiger charge is -2.07. The molecule has 2 rings (SSSR count). The summed E-state index contributed by atoms with van der Waals surface area (Å²) in [5.41, 5.74) is 5.22. The second-order valence-electron chi connectivity index (χ2n) is 4.71. The highest BCUT2D eigenvalue weighted by Gasteiger charge is 2.22. The zero-order valence-corrected chi connectivity index (χ0v) is 13.5. The monoisotopic (exact) mass is 303 g/mol. The molecule has 0 unspecified atom stereocenters. The molecule has 2 nitrogen and oxygen atoms in total. The Balaban J connectivity index is 2.33. The highest BCUT2D eigenvalue weighted by molar-refractivity contribution is 8.45. The number of thioether (sulfide) groups is 2. The molecule has 0 aliphatic carbocycles. The van der Waals surface area contributed by atoms with Gasteiger partial charge in [-0.3, -0.25) is 4.79 Å². The van der Waals surface area contributed by atoms with Gasteiger partial charge in [-0.1, -0.05) is 35.5 Å². The van der Waals surface area contributed by atoms with Crippen molar-refractivity contribution < 1.29 is 4.79 Å². The van der Waals surface area contributed by atoms with Gasteiger partial charge in [0.25, 0.3) is 0 Å². The third-order valence-corrected chi connectivity index (χ3v) is 4.95. The third-order valence-electron chi connectivity index (χ3n) is 2.94. The summed E-state index contributed by atoms with van der Waals surface area (Å²) in [6.45, 7) is 9.88. The molecular formula is C16H17NOS2. The number of benzene rings is 1. The van der Waals surface area contributed by atoms with Gasteiger partial charge in [-0.05, 0) is 55.3 Å². The molecule has 0 saturated carbocycles. The first-order valence-electron chi connectivity index (χ1n) is 6.35. The van der Waals surface area contributed by atoms with Gasteiger partial charge in [-0.25, -0.2) is 4.99 Å². The summed E-state index contributed by atoms with van der Waals surface area (Å²) in [4.78, 5) is 16.4. The van der Waals surface area contributed by atoms with Crippen LogP contribution in [0.5, 0.6) is 0 Å². The summed E-state index contributed by atoms with van der Waals surface area (Å²) < 4.78 is 0.809. The number of hydrogen-bond acceptors (Lipinski definition) is 4. The first-order valence-corrected chi connectivity index (χ1v) is 8.15. The van der Waals surface area contributed by atoms with E-state index in [0.717, 1.165) is 15.7 Å². The van der Waals surface area contributed by atoms with Gasteiger partial charge in [-0.2, -0.15) is 0 Å². The van der Waals surface area contributed by atoms with Crippen LogP contribution in [-0.4, -0.2) is 15.2 Å². The van der Waals surface area contributed by atoms with E-state index >= 15 is 0 Å². The van der Waals surface area contributed by atoms with Gasteiger partial charge in [0, 0.05) is 5.75 Å². The Kier molecular flexibility index (Phi) is 4.89. The number of carbonyl (C=O) groups excluding carboxylic acids is 1. The van der Waals surface area contributed by atoms with Crippen LogP contribution in [0, 0.1) is 20.8 Å². The molecule has 0 saturated heterocycles. The van der Waals surface area contributed by atoms with Crippen LogP contribution in [0.3, 0.4) is 0 Å². The van der Waals surface area contributed by atoms with Crippen molar-refractivity contribution in [2.45, 2.75) is 20.8 Å². The van der Waals surface area contributed by atoms with E-state index in [0.29, 0.717) is 5.70 Å². The normalized spacial score (nSPS) is 16.6. The Bertz CT molecular complexity index is 606. The first kappa shape index (κ1) is 15.1. The smallest absolute Gasteiger partial charge is 0.244 e. The predicted molar refractivity (Wildman–Crippen MR) is 91.3 cm³/mol. The minimum absolute atomic E-state index is 0.0240. The molecule has 0 bridgehead atoms. The van der Waals surface area contributed by atoms with Crippen LogP contribution in [-0.2, 0) is 4.79 Å². The summed E-state index contributed by atoms with van der Waals surface area (Å²) in [5.74, 6) is 0.773. The third kappa shape index (κ3) is 3.44.